The maximum absolute atomic E-state index is 9.80. The molecule has 0 spiro atoms. The van der Waals surface area contributed by atoms with E-state index in [4.69, 9.17) is 11.6 Å². The van der Waals surface area contributed by atoms with E-state index in [-0.39, 0.29) is 0 Å². The summed E-state index contributed by atoms with van der Waals surface area (Å²) in [7, 11) is 0. The Hall–Kier alpha value is -1.35. The zero-order chi connectivity index (χ0) is 8.81. The molecule has 0 saturated heterocycles. The Morgan fingerprint density at radius 3 is 2.58 bits per heavy atom. The molecule has 0 aliphatic heterocycles. The monoisotopic (exact) mass is 182 g/mol. The van der Waals surface area contributed by atoms with Crippen LogP contribution in [0.15, 0.2) is 29.4 Å². The minimum atomic E-state index is 0.506. The number of nitrogens with one attached hydrogen (secondary N) is 1. The summed E-state index contributed by atoms with van der Waals surface area (Å²) in [4.78, 5) is 9.80. The van der Waals surface area contributed by atoms with E-state index in [0.717, 1.165) is 5.56 Å². The molecule has 3 nitrogen and oxygen atoms in total. The van der Waals surface area contributed by atoms with Crippen molar-refractivity contribution in [1.82, 2.24) is 5.43 Å². The van der Waals surface area contributed by atoms with Crippen LogP contribution < -0.4 is 5.43 Å². The van der Waals surface area contributed by atoms with E-state index in [1.54, 1.807) is 24.3 Å². The highest BCUT2D eigenvalue weighted by molar-refractivity contribution is 6.30. The first-order valence-electron chi connectivity index (χ1n) is 3.31. The van der Waals surface area contributed by atoms with E-state index in [0.29, 0.717) is 11.4 Å². The summed E-state index contributed by atoms with van der Waals surface area (Å²) in [6.45, 7) is 0. The number of benzene rings is 1. The number of hydrogen-bond acceptors (Lipinski definition) is 2. The van der Waals surface area contributed by atoms with Gasteiger partial charge in [0.15, 0.2) is 0 Å². The van der Waals surface area contributed by atoms with Gasteiger partial charge in [-0.3, -0.25) is 4.79 Å². The molecule has 0 heterocycles. The van der Waals surface area contributed by atoms with Gasteiger partial charge in [-0.1, -0.05) is 23.7 Å². The quantitative estimate of drug-likeness (QED) is 0.429. The van der Waals surface area contributed by atoms with Crippen LogP contribution in [-0.4, -0.2) is 12.6 Å². The summed E-state index contributed by atoms with van der Waals surface area (Å²) >= 11 is 5.66. The summed E-state index contributed by atoms with van der Waals surface area (Å²) < 4.78 is 0. The van der Waals surface area contributed by atoms with Gasteiger partial charge < -0.3 is 0 Å². The molecular formula is C8H7ClN2O. The molecule has 1 rings (SSSR count). The van der Waals surface area contributed by atoms with Crippen LogP contribution >= 0.6 is 11.6 Å². The zero-order valence-corrected chi connectivity index (χ0v) is 6.95. The summed E-state index contributed by atoms with van der Waals surface area (Å²) in [6, 6.07) is 7.12. The lowest BCUT2D eigenvalue weighted by atomic mass is 10.2. The van der Waals surface area contributed by atoms with E-state index >= 15 is 0 Å². The Balaban J connectivity index is 2.64. The van der Waals surface area contributed by atoms with Gasteiger partial charge in [-0.15, -0.1) is 0 Å². The summed E-state index contributed by atoms with van der Waals surface area (Å²) in [5.41, 5.74) is 3.05. The number of nitrogens with zero attached hydrogens (tertiary/aromatic N) is 1. The van der Waals surface area contributed by atoms with Crippen LogP contribution in [0.4, 0.5) is 0 Å². The largest absolute Gasteiger partial charge is 0.277 e. The van der Waals surface area contributed by atoms with Crippen molar-refractivity contribution >= 4 is 24.2 Å². The summed E-state index contributed by atoms with van der Waals surface area (Å²) in [5, 5.41) is 4.28. The highest BCUT2D eigenvalue weighted by atomic mass is 35.5. The van der Waals surface area contributed by atoms with E-state index in [1.807, 2.05) is 0 Å². The van der Waals surface area contributed by atoms with Crippen LogP contribution in [0.3, 0.4) is 0 Å². The van der Waals surface area contributed by atoms with Crippen LogP contribution in [0.5, 0.6) is 0 Å². The van der Waals surface area contributed by atoms with E-state index in [2.05, 4.69) is 10.5 Å². The van der Waals surface area contributed by atoms with E-state index < -0.39 is 0 Å². The predicted octanol–water partition coefficient (Wildman–Crippen LogP) is 1.42. The minimum absolute atomic E-state index is 0.506. The van der Waals surface area contributed by atoms with Crippen molar-refractivity contribution in [3.05, 3.63) is 34.9 Å². The Morgan fingerprint density at radius 2 is 2.00 bits per heavy atom. The Bertz CT molecular complexity index is 282. The number of halogens is 1. The van der Waals surface area contributed by atoms with Crippen molar-refractivity contribution in [3.8, 4) is 0 Å². The first kappa shape index (κ1) is 8.74. The molecule has 0 radical (unpaired) electrons. The molecule has 0 atom stereocenters. The van der Waals surface area contributed by atoms with Gasteiger partial charge in [0.25, 0.3) is 0 Å². The van der Waals surface area contributed by atoms with Crippen molar-refractivity contribution in [3.63, 3.8) is 0 Å². The van der Waals surface area contributed by atoms with Crippen LogP contribution in [0.2, 0.25) is 5.02 Å². The molecule has 1 aromatic carbocycles. The summed E-state index contributed by atoms with van der Waals surface area (Å²) in [5.74, 6) is 0. The van der Waals surface area contributed by atoms with Crippen molar-refractivity contribution in [2.45, 2.75) is 0 Å². The van der Waals surface area contributed by atoms with Gasteiger partial charge in [0, 0.05) is 5.02 Å². The lowest BCUT2D eigenvalue weighted by Crippen LogP contribution is -2.00. The molecular weight excluding hydrogens is 176 g/mol. The van der Waals surface area contributed by atoms with Crippen molar-refractivity contribution in [2.75, 3.05) is 0 Å². The third-order valence-corrected chi connectivity index (χ3v) is 1.46. The van der Waals surface area contributed by atoms with Crippen LogP contribution in [0.1, 0.15) is 5.56 Å². The Kier molecular flexibility index (Phi) is 3.29. The average molecular weight is 183 g/mol. The second-order valence-electron chi connectivity index (χ2n) is 2.06. The lowest BCUT2D eigenvalue weighted by Gasteiger charge is -1.91. The second-order valence-corrected chi connectivity index (χ2v) is 2.49. The molecule has 12 heavy (non-hydrogen) atoms. The van der Waals surface area contributed by atoms with Crippen LogP contribution in [0.25, 0.3) is 0 Å². The van der Waals surface area contributed by atoms with Gasteiger partial charge in [0.2, 0.25) is 6.41 Å². The summed E-state index contributed by atoms with van der Waals surface area (Å²) in [6.07, 6.45) is 2.04. The molecule has 4 heteroatoms. The second kappa shape index (κ2) is 4.51. The van der Waals surface area contributed by atoms with Crippen molar-refractivity contribution < 1.29 is 4.79 Å². The molecule has 0 unspecified atom stereocenters. The molecule has 1 aromatic rings. The molecule has 0 aromatic heterocycles. The normalized spacial score (nSPS) is 10.1. The van der Waals surface area contributed by atoms with E-state index in [9.17, 15) is 4.79 Å². The fourth-order valence-corrected chi connectivity index (χ4v) is 0.817. The number of carbonyl (C=O) groups is 1. The smallest absolute Gasteiger partial charge is 0.227 e. The SMILES string of the molecule is O=CNN=Cc1ccc(Cl)cc1. The molecule has 0 aliphatic rings. The third-order valence-electron chi connectivity index (χ3n) is 1.21. The average Bonchev–Trinajstić information content (AvgIpc) is 2.09. The third kappa shape index (κ3) is 2.72. The van der Waals surface area contributed by atoms with Gasteiger partial charge in [-0.2, -0.15) is 5.10 Å². The Labute approximate surface area is 75.0 Å². The zero-order valence-electron chi connectivity index (χ0n) is 6.20. The van der Waals surface area contributed by atoms with Crippen molar-refractivity contribution in [1.29, 1.82) is 0 Å². The van der Waals surface area contributed by atoms with Gasteiger partial charge in [0.05, 0.1) is 6.21 Å². The standard InChI is InChI=1S/C8H7ClN2O/c9-8-3-1-7(2-4-8)5-10-11-6-12/h1-6H,(H,11,12). The molecule has 0 bridgehead atoms. The van der Waals surface area contributed by atoms with Gasteiger partial charge >= 0.3 is 0 Å². The highest BCUT2D eigenvalue weighted by Gasteiger charge is 1.86. The molecule has 0 saturated carbocycles. The number of hydrazone groups is 1. The predicted molar refractivity (Wildman–Crippen MR) is 48.2 cm³/mol. The van der Waals surface area contributed by atoms with Gasteiger partial charge in [0.1, 0.15) is 0 Å². The maximum Gasteiger partial charge on any atom is 0.227 e. The van der Waals surface area contributed by atoms with Crippen LogP contribution in [0, 0.1) is 0 Å². The number of amides is 1. The van der Waals surface area contributed by atoms with Crippen LogP contribution in [-0.2, 0) is 4.79 Å². The van der Waals surface area contributed by atoms with Gasteiger partial charge in [-0.25, -0.2) is 5.43 Å². The fraction of sp³-hybridized carbons (Fsp3) is 0. The Morgan fingerprint density at radius 1 is 1.33 bits per heavy atom. The highest BCUT2D eigenvalue weighted by Crippen LogP contribution is 2.07. The number of hydrogen-bond donors (Lipinski definition) is 1. The molecule has 1 amide bonds. The molecule has 0 fully saturated rings. The lowest BCUT2D eigenvalue weighted by molar-refractivity contribution is -0.109. The first-order chi connectivity index (χ1) is 5.83. The first-order valence-corrected chi connectivity index (χ1v) is 3.68. The van der Waals surface area contributed by atoms with Crippen molar-refractivity contribution in [2.24, 2.45) is 5.10 Å². The molecule has 0 aliphatic carbocycles. The molecule has 62 valence electrons. The number of carbonyl (C=O) groups excluding carboxylic acids is 1. The topological polar surface area (TPSA) is 41.5 Å². The number of rotatable bonds is 3. The van der Waals surface area contributed by atoms with E-state index in [1.165, 1.54) is 6.21 Å². The fourth-order valence-electron chi connectivity index (χ4n) is 0.691. The van der Waals surface area contributed by atoms with Gasteiger partial charge in [-0.05, 0) is 17.7 Å². The minimum Gasteiger partial charge on any atom is -0.277 e. The molecule has 1 N–H and O–H groups in total. The maximum atomic E-state index is 9.80.